The molecule has 48 valence electrons. The van der Waals surface area contributed by atoms with Gasteiger partial charge in [0.15, 0.2) is 0 Å². The van der Waals surface area contributed by atoms with Gasteiger partial charge >= 0.3 is 0 Å². The van der Waals surface area contributed by atoms with Gasteiger partial charge in [0.2, 0.25) is 0 Å². The second kappa shape index (κ2) is 1.98. The molecule has 0 nitrogen and oxygen atoms in total. The molecule has 0 aliphatic heterocycles. The Bertz CT molecular complexity index is 169. The Morgan fingerprint density at radius 1 is 1.33 bits per heavy atom. The van der Waals surface area contributed by atoms with Crippen LogP contribution in [0.3, 0.4) is 0 Å². The summed E-state index contributed by atoms with van der Waals surface area (Å²) in [6, 6.07) is 0. The van der Waals surface area contributed by atoms with Crippen molar-refractivity contribution in [1.29, 1.82) is 0 Å². The molecule has 0 aromatic heterocycles. The van der Waals surface area contributed by atoms with E-state index in [9.17, 15) is 0 Å². The van der Waals surface area contributed by atoms with Crippen LogP contribution in [-0.2, 0) is 0 Å². The maximum absolute atomic E-state index is 3.62. The molecule has 2 aliphatic carbocycles. The quantitative estimate of drug-likeness (QED) is 0.508. The first-order valence-electron chi connectivity index (χ1n) is 3.37. The first-order chi connectivity index (χ1) is 4.39. The molecule has 3 unspecified atom stereocenters. The number of alkyl halides is 1. The van der Waals surface area contributed by atoms with Gasteiger partial charge in [0.25, 0.3) is 0 Å². The lowest BCUT2D eigenvalue weighted by molar-refractivity contribution is 0.815. The van der Waals surface area contributed by atoms with Gasteiger partial charge in [0.05, 0.1) is 0 Å². The summed E-state index contributed by atoms with van der Waals surface area (Å²) < 4.78 is 0. The van der Waals surface area contributed by atoms with Crippen LogP contribution in [0.2, 0.25) is 0 Å². The van der Waals surface area contributed by atoms with Crippen LogP contribution in [0.4, 0.5) is 0 Å². The largest absolute Gasteiger partial charge is 0.0881 e. The van der Waals surface area contributed by atoms with Crippen molar-refractivity contribution in [2.24, 2.45) is 11.8 Å². The molecule has 0 heterocycles. The molecule has 2 rings (SSSR count). The minimum Gasteiger partial charge on any atom is -0.0881 e. The van der Waals surface area contributed by atoms with Crippen LogP contribution >= 0.6 is 15.9 Å². The molecule has 1 heteroatoms. The summed E-state index contributed by atoms with van der Waals surface area (Å²) in [6.07, 6.45) is 10.1. The van der Waals surface area contributed by atoms with E-state index in [-0.39, 0.29) is 0 Å². The lowest BCUT2D eigenvalue weighted by atomic mass is 10.2. The predicted octanol–water partition coefficient (Wildman–Crippen LogP) is 2.51. The van der Waals surface area contributed by atoms with E-state index >= 15 is 0 Å². The van der Waals surface area contributed by atoms with E-state index in [4.69, 9.17) is 0 Å². The third-order valence-electron chi connectivity index (χ3n) is 2.12. The Morgan fingerprint density at radius 2 is 2.22 bits per heavy atom. The highest BCUT2D eigenvalue weighted by molar-refractivity contribution is 9.09. The van der Waals surface area contributed by atoms with Gasteiger partial charge in [-0.05, 0) is 18.3 Å². The van der Waals surface area contributed by atoms with Crippen LogP contribution in [0.15, 0.2) is 24.3 Å². The molecule has 3 atom stereocenters. The van der Waals surface area contributed by atoms with E-state index in [0.29, 0.717) is 0 Å². The maximum Gasteiger partial charge on any atom is 0.0249 e. The van der Waals surface area contributed by atoms with Crippen molar-refractivity contribution in [1.82, 2.24) is 0 Å². The fourth-order valence-corrected chi connectivity index (χ4v) is 2.36. The lowest BCUT2D eigenvalue weighted by Gasteiger charge is -1.82. The van der Waals surface area contributed by atoms with Crippen molar-refractivity contribution in [3.63, 3.8) is 0 Å². The van der Waals surface area contributed by atoms with E-state index in [1.165, 1.54) is 6.42 Å². The summed E-state index contributed by atoms with van der Waals surface area (Å²) >= 11 is 3.62. The van der Waals surface area contributed by atoms with Gasteiger partial charge in [-0.25, -0.2) is 0 Å². The van der Waals surface area contributed by atoms with Crippen molar-refractivity contribution in [3.05, 3.63) is 24.3 Å². The van der Waals surface area contributed by atoms with E-state index in [1.54, 1.807) is 0 Å². The highest BCUT2D eigenvalue weighted by Crippen LogP contribution is 2.49. The van der Waals surface area contributed by atoms with E-state index in [1.807, 2.05) is 0 Å². The van der Waals surface area contributed by atoms with Gasteiger partial charge in [-0.2, -0.15) is 0 Å². The average molecular weight is 185 g/mol. The van der Waals surface area contributed by atoms with E-state index < -0.39 is 0 Å². The zero-order valence-corrected chi connectivity index (χ0v) is 6.71. The summed E-state index contributed by atoms with van der Waals surface area (Å²) in [5.74, 6) is 1.74. The molecule has 0 bridgehead atoms. The summed E-state index contributed by atoms with van der Waals surface area (Å²) in [6.45, 7) is 0. The molecule has 0 N–H and O–H groups in total. The molecule has 2 aliphatic rings. The van der Waals surface area contributed by atoms with Gasteiger partial charge in [0, 0.05) is 4.83 Å². The van der Waals surface area contributed by atoms with Gasteiger partial charge in [-0.15, -0.1) is 0 Å². The summed E-state index contributed by atoms with van der Waals surface area (Å²) in [5.41, 5.74) is 0. The minimum atomic E-state index is 0.777. The van der Waals surface area contributed by atoms with Crippen LogP contribution in [0.25, 0.3) is 0 Å². The van der Waals surface area contributed by atoms with Crippen LogP contribution in [0.5, 0.6) is 0 Å². The lowest BCUT2D eigenvalue weighted by Crippen LogP contribution is -1.73. The normalized spacial score (nSPS) is 46.1. The van der Waals surface area contributed by atoms with Crippen LogP contribution < -0.4 is 0 Å². The second-order valence-corrected chi connectivity index (χ2v) is 3.79. The molecule has 0 amide bonds. The number of allylic oxidation sites excluding steroid dienone is 4. The minimum absolute atomic E-state index is 0.777. The number of halogens is 1. The predicted molar refractivity (Wildman–Crippen MR) is 42.6 cm³/mol. The summed E-state index contributed by atoms with van der Waals surface area (Å²) in [7, 11) is 0. The standard InChI is InChI=1S/C8H9Br/c9-8-6-4-2-1-3-5-7(6)8/h1-4,6-8H,5H2. The molecule has 0 aromatic carbocycles. The zero-order valence-electron chi connectivity index (χ0n) is 5.13. The van der Waals surface area contributed by atoms with Gasteiger partial charge in [0.1, 0.15) is 0 Å². The molecular formula is C8H9Br. The van der Waals surface area contributed by atoms with Crippen LogP contribution in [-0.4, -0.2) is 4.83 Å². The van der Waals surface area contributed by atoms with Crippen molar-refractivity contribution in [2.45, 2.75) is 11.2 Å². The number of fused-ring (bicyclic) bond motifs is 1. The molecule has 1 saturated carbocycles. The number of rotatable bonds is 0. The van der Waals surface area contributed by atoms with Crippen molar-refractivity contribution in [3.8, 4) is 0 Å². The first-order valence-corrected chi connectivity index (χ1v) is 4.28. The van der Waals surface area contributed by atoms with E-state index in [2.05, 4.69) is 40.2 Å². The topological polar surface area (TPSA) is 0 Å². The van der Waals surface area contributed by atoms with Gasteiger partial charge < -0.3 is 0 Å². The van der Waals surface area contributed by atoms with Gasteiger partial charge in [-0.1, -0.05) is 40.2 Å². The molecule has 0 spiro atoms. The summed E-state index contributed by atoms with van der Waals surface area (Å²) in [5, 5.41) is 0. The Kier molecular flexibility index (Phi) is 1.26. The molecule has 9 heavy (non-hydrogen) atoms. The van der Waals surface area contributed by atoms with Crippen molar-refractivity contribution < 1.29 is 0 Å². The van der Waals surface area contributed by atoms with E-state index in [0.717, 1.165) is 16.7 Å². The Labute approximate surface area is 63.8 Å². The highest BCUT2D eigenvalue weighted by atomic mass is 79.9. The van der Waals surface area contributed by atoms with Gasteiger partial charge in [-0.3, -0.25) is 0 Å². The van der Waals surface area contributed by atoms with Crippen molar-refractivity contribution in [2.75, 3.05) is 0 Å². The highest BCUT2D eigenvalue weighted by Gasteiger charge is 2.45. The molecule has 0 saturated heterocycles. The fourth-order valence-electron chi connectivity index (χ4n) is 1.40. The third kappa shape index (κ3) is 0.877. The zero-order chi connectivity index (χ0) is 6.27. The SMILES string of the molecule is BrC1C2C=CC=CCC12. The molecule has 0 radical (unpaired) electrons. The Morgan fingerprint density at radius 3 is 3.11 bits per heavy atom. The Balaban J connectivity index is 2.13. The van der Waals surface area contributed by atoms with Crippen molar-refractivity contribution >= 4 is 15.9 Å². The third-order valence-corrected chi connectivity index (χ3v) is 3.41. The summed E-state index contributed by atoms with van der Waals surface area (Å²) in [4.78, 5) is 0.777. The molecule has 1 fully saturated rings. The Hall–Kier alpha value is -0.0400. The monoisotopic (exact) mass is 184 g/mol. The maximum atomic E-state index is 3.62. The molecule has 0 aromatic rings. The van der Waals surface area contributed by atoms with Crippen LogP contribution in [0.1, 0.15) is 6.42 Å². The smallest absolute Gasteiger partial charge is 0.0249 e. The number of hydrogen-bond acceptors (Lipinski definition) is 0. The average Bonchev–Trinajstić information content (AvgIpc) is 2.51. The number of hydrogen-bond donors (Lipinski definition) is 0. The second-order valence-electron chi connectivity index (χ2n) is 2.73. The first kappa shape index (κ1) is 5.72. The fraction of sp³-hybridized carbons (Fsp3) is 0.500. The molecular weight excluding hydrogens is 176 g/mol. The van der Waals surface area contributed by atoms with Crippen LogP contribution in [0, 0.1) is 11.8 Å².